The van der Waals surface area contributed by atoms with Gasteiger partial charge in [-0.25, -0.2) is 0 Å². The zero-order chi connectivity index (χ0) is 18.6. The summed E-state index contributed by atoms with van der Waals surface area (Å²) in [5.41, 5.74) is 0. The van der Waals surface area contributed by atoms with Crippen molar-refractivity contribution in [2.45, 2.75) is 38.6 Å². The molecule has 2 heterocycles. The van der Waals surface area contributed by atoms with Gasteiger partial charge >= 0.3 is 0 Å². The zero-order valence-electron chi connectivity index (χ0n) is 15.5. The predicted octanol–water partition coefficient (Wildman–Crippen LogP) is 3.95. The van der Waals surface area contributed by atoms with Crippen LogP contribution in [0.25, 0.3) is 0 Å². The molecule has 2 fully saturated rings. The Morgan fingerprint density at radius 2 is 1.85 bits per heavy atom. The topological polar surface area (TPSA) is 62.3 Å². The molecule has 7 heteroatoms. The number of ether oxygens (including phenoxy) is 1. The fourth-order valence-corrected chi connectivity index (χ4v) is 3.34. The summed E-state index contributed by atoms with van der Waals surface area (Å²) in [6.07, 6.45) is 4.67. The van der Waals surface area contributed by atoms with Crippen LogP contribution in [0.15, 0.2) is 36.4 Å². The van der Waals surface area contributed by atoms with Crippen molar-refractivity contribution in [3.63, 3.8) is 0 Å². The molecule has 1 aromatic carbocycles. The first-order valence-corrected chi connectivity index (χ1v) is 10.0. The second-order valence-corrected chi connectivity index (χ2v) is 7.75. The summed E-state index contributed by atoms with van der Waals surface area (Å²) in [6.45, 7) is 4.29. The van der Waals surface area contributed by atoms with Gasteiger partial charge in [0.2, 0.25) is 11.8 Å². The molecule has 0 amide bonds. The summed E-state index contributed by atoms with van der Waals surface area (Å²) in [6, 6.07) is 12.1. The first-order chi connectivity index (χ1) is 13.2. The van der Waals surface area contributed by atoms with Crippen molar-refractivity contribution in [1.82, 2.24) is 15.3 Å². The lowest BCUT2D eigenvalue weighted by Crippen LogP contribution is -2.34. The van der Waals surface area contributed by atoms with Gasteiger partial charge in [0, 0.05) is 25.2 Å². The van der Waals surface area contributed by atoms with Gasteiger partial charge in [0.1, 0.15) is 11.6 Å². The summed E-state index contributed by atoms with van der Waals surface area (Å²) in [5.74, 6) is 3.37. The van der Waals surface area contributed by atoms with E-state index in [9.17, 15) is 0 Å². The van der Waals surface area contributed by atoms with E-state index < -0.39 is 0 Å². The van der Waals surface area contributed by atoms with Crippen molar-refractivity contribution >= 4 is 29.1 Å². The van der Waals surface area contributed by atoms with Crippen molar-refractivity contribution in [1.29, 1.82) is 0 Å². The molecule has 142 valence electrons. The molecule has 0 spiro atoms. The van der Waals surface area contributed by atoms with Crippen LogP contribution in [0.1, 0.15) is 32.6 Å². The third kappa shape index (κ3) is 5.07. The van der Waals surface area contributed by atoms with E-state index >= 15 is 0 Å². The van der Waals surface area contributed by atoms with Crippen LogP contribution in [0.4, 0.5) is 11.8 Å². The molecule has 4 rings (SSSR count). The number of piperidine rings is 1. The molecule has 0 unspecified atom stereocenters. The molecule has 1 aliphatic carbocycles. The number of thiocarbonyl (C=S) groups is 1. The fourth-order valence-electron chi connectivity index (χ4n) is 3.08. The van der Waals surface area contributed by atoms with Gasteiger partial charge < -0.3 is 20.3 Å². The SMILES string of the molecule is CC1CCN(c2cc(Oc3ccccc3)nc(NC(=S)NC3CC3)n2)CC1. The molecule has 1 aromatic heterocycles. The fraction of sp³-hybridized carbons (Fsp3) is 0.450. The van der Waals surface area contributed by atoms with E-state index in [1.807, 2.05) is 36.4 Å². The summed E-state index contributed by atoms with van der Waals surface area (Å²) in [4.78, 5) is 11.5. The Morgan fingerprint density at radius 1 is 1.11 bits per heavy atom. The highest BCUT2D eigenvalue weighted by Crippen LogP contribution is 2.27. The lowest BCUT2D eigenvalue weighted by atomic mass is 9.99. The monoisotopic (exact) mass is 383 g/mol. The molecule has 0 radical (unpaired) electrons. The average Bonchev–Trinajstić information content (AvgIpc) is 3.47. The van der Waals surface area contributed by atoms with E-state index in [1.54, 1.807) is 0 Å². The Kier molecular flexibility index (Phi) is 5.38. The number of anilines is 2. The number of nitrogens with zero attached hydrogens (tertiary/aromatic N) is 3. The van der Waals surface area contributed by atoms with Crippen molar-refractivity contribution in [2.24, 2.45) is 5.92 Å². The van der Waals surface area contributed by atoms with E-state index in [4.69, 9.17) is 17.0 Å². The van der Waals surface area contributed by atoms with Crippen LogP contribution in [0, 0.1) is 5.92 Å². The molecule has 1 aliphatic heterocycles. The lowest BCUT2D eigenvalue weighted by Gasteiger charge is -2.31. The minimum Gasteiger partial charge on any atom is -0.439 e. The summed E-state index contributed by atoms with van der Waals surface area (Å²) in [7, 11) is 0. The van der Waals surface area contributed by atoms with E-state index in [1.165, 1.54) is 12.8 Å². The van der Waals surface area contributed by atoms with Crippen LogP contribution in [-0.2, 0) is 0 Å². The van der Waals surface area contributed by atoms with Crippen LogP contribution >= 0.6 is 12.2 Å². The first-order valence-electron chi connectivity index (χ1n) is 9.60. The van der Waals surface area contributed by atoms with Gasteiger partial charge in [0.15, 0.2) is 5.11 Å². The molecule has 1 saturated heterocycles. The number of hydrogen-bond donors (Lipinski definition) is 2. The maximum absolute atomic E-state index is 5.97. The third-order valence-corrected chi connectivity index (χ3v) is 5.12. The highest BCUT2D eigenvalue weighted by Gasteiger charge is 2.23. The van der Waals surface area contributed by atoms with E-state index in [2.05, 4.69) is 32.4 Å². The van der Waals surface area contributed by atoms with Crippen molar-refractivity contribution in [2.75, 3.05) is 23.3 Å². The average molecular weight is 384 g/mol. The van der Waals surface area contributed by atoms with Crippen LogP contribution in [0.5, 0.6) is 11.6 Å². The third-order valence-electron chi connectivity index (χ3n) is 4.90. The van der Waals surface area contributed by atoms with Gasteiger partial charge in [-0.05, 0) is 56.0 Å². The molecule has 1 saturated carbocycles. The smallest absolute Gasteiger partial charge is 0.234 e. The Balaban J connectivity index is 1.55. The molecule has 2 N–H and O–H groups in total. The molecule has 2 aliphatic rings. The molecule has 0 bridgehead atoms. The van der Waals surface area contributed by atoms with Gasteiger partial charge in [-0.2, -0.15) is 9.97 Å². The summed E-state index contributed by atoms with van der Waals surface area (Å²) >= 11 is 5.38. The highest BCUT2D eigenvalue weighted by molar-refractivity contribution is 7.80. The summed E-state index contributed by atoms with van der Waals surface area (Å²) in [5, 5.41) is 6.94. The first kappa shape index (κ1) is 18.0. The molecular weight excluding hydrogens is 358 g/mol. The van der Waals surface area contributed by atoms with Gasteiger partial charge in [-0.15, -0.1) is 0 Å². The second-order valence-electron chi connectivity index (χ2n) is 7.35. The number of rotatable bonds is 5. The van der Waals surface area contributed by atoms with Crippen molar-refractivity contribution in [3.05, 3.63) is 36.4 Å². The van der Waals surface area contributed by atoms with Crippen LogP contribution < -0.4 is 20.3 Å². The van der Waals surface area contributed by atoms with Gasteiger partial charge in [0.25, 0.3) is 0 Å². The maximum Gasteiger partial charge on any atom is 0.234 e. The lowest BCUT2D eigenvalue weighted by molar-refractivity contribution is 0.434. The quantitative estimate of drug-likeness (QED) is 0.758. The van der Waals surface area contributed by atoms with Gasteiger partial charge in [0.05, 0.1) is 0 Å². The maximum atomic E-state index is 5.97. The number of nitrogens with one attached hydrogen (secondary N) is 2. The largest absolute Gasteiger partial charge is 0.439 e. The molecule has 27 heavy (non-hydrogen) atoms. The standard InChI is InChI=1S/C20H25N5OS/c1-14-9-11-25(12-10-14)17-13-18(26-16-5-3-2-4-6-16)23-19(22-17)24-20(27)21-15-7-8-15/h2-6,13-15H,7-12H2,1H3,(H2,21,22,23,24,27). The number of benzene rings is 1. The predicted molar refractivity (Wildman–Crippen MR) is 112 cm³/mol. The van der Waals surface area contributed by atoms with Crippen LogP contribution in [0.2, 0.25) is 0 Å². The molecule has 2 aromatic rings. The minimum absolute atomic E-state index is 0.468. The number of aromatic nitrogens is 2. The molecule has 0 atom stereocenters. The zero-order valence-corrected chi connectivity index (χ0v) is 16.3. The second kappa shape index (κ2) is 8.08. The minimum atomic E-state index is 0.468. The Labute approximate surface area is 165 Å². The Morgan fingerprint density at radius 3 is 2.56 bits per heavy atom. The summed E-state index contributed by atoms with van der Waals surface area (Å²) < 4.78 is 5.97. The Bertz CT molecular complexity index is 788. The molecule has 6 nitrogen and oxygen atoms in total. The van der Waals surface area contributed by atoms with Crippen LogP contribution in [-0.4, -0.2) is 34.2 Å². The van der Waals surface area contributed by atoms with Crippen molar-refractivity contribution < 1.29 is 4.74 Å². The Hall–Kier alpha value is -2.41. The van der Waals surface area contributed by atoms with E-state index in [0.717, 1.165) is 43.4 Å². The number of para-hydroxylation sites is 1. The molecular formula is C20H25N5OS. The van der Waals surface area contributed by atoms with Gasteiger partial charge in [-0.3, -0.25) is 0 Å². The van der Waals surface area contributed by atoms with E-state index in [-0.39, 0.29) is 0 Å². The normalized spacial score (nSPS) is 17.4. The number of hydrogen-bond acceptors (Lipinski definition) is 5. The highest BCUT2D eigenvalue weighted by atomic mass is 32.1. The van der Waals surface area contributed by atoms with Gasteiger partial charge in [-0.1, -0.05) is 25.1 Å². The van der Waals surface area contributed by atoms with E-state index in [0.29, 0.717) is 23.0 Å². The van der Waals surface area contributed by atoms with Crippen molar-refractivity contribution in [3.8, 4) is 11.6 Å². The van der Waals surface area contributed by atoms with Crippen LogP contribution in [0.3, 0.4) is 0 Å².